The molecule has 148 valence electrons. The first-order chi connectivity index (χ1) is 11.2. The van der Waals surface area contributed by atoms with Crippen molar-refractivity contribution < 1.29 is 4.42 Å². The highest BCUT2D eigenvalue weighted by atomic mass is 79.9. The van der Waals surface area contributed by atoms with Crippen LogP contribution in [0.15, 0.2) is 43.7 Å². The highest BCUT2D eigenvalue weighted by Gasteiger charge is 2.10. The van der Waals surface area contributed by atoms with E-state index in [2.05, 4.69) is 53.5 Å². The number of nitrogens with zero attached hydrogens (tertiary/aromatic N) is 1. The fourth-order valence-corrected chi connectivity index (χ4v) is 3.93. The van der Waals surface area contributed by atoms with E-state index in [0.717, 1.165) is 71.8 Å². The van der Waals surface area contributed by atoms with Gasteiger partial charge in [-0.25, -0.2) is 0 Å². The standard InChI is InChI=1S/C17H21Br2N3O.3ClH/c18-13-1-3-15(16(19)11-13)17-4-2-14(23-17)12-21-7-10-22-8-5-20-6-9-22;;;/h1-4,11,20-21H,5-10,12H2;3*1H. The molecule has 0 radical (unpaired) electrons. The maximum atomic E-state index is 5.95. The van der Waals surface area contributed by atoms with Crippen molar-refractivity contribution in [2.45, 2.75) is 6.54 Å². The Labute approximate surface area is 190 Å². The average molecular weight is 553 g/mol. The van der Waals surface area contributed by atoms with E-state index in [1.807, 2.05) is 24.3 Å². The molecule has 2 heterocycles. The van der Waals surface area contributed by atoms with Crippen molar-refractivity contribution in [3.63, 3.8) is 0 Å². The summed E-state index contributed by atoms with van der Waals surface area (Å²) in [6, 6.07) is 10.2. The third-order valence-corrected chi connectivity index (χ3v) is 5.12. The maximum absolute atomic E-state index is 5.95. The maximum Gasteiger partial charge on any atom is 0.135 e. The molecule has 0 aliphatic carbocycles. The van der Waals surface area contributed by atoms with Crippen LogP contribution in [0.3, 0.4) is 0 Å². The van der Waals surface area contributed by atoms with Crippen LogP contribution in [0.1, 0.15) is 5.76 Å². The monoisotopic (exact) mass is 549 g/mol. The molecule has 0 bridgehead atoms. The smallest absolute Gasteiger partial charge is 0.135 e. The molecule has 3 rings (SSSR count). The lowest BCUT2D eigenvalue weighted by Gasteiger charge is -2.27. The number of hydrogen-bond acceptors (Lipinski definition) is 4. The molecular weight excluding hydrogens is 528 g/mol. The van der Waals surface area contributed by atoms with Crippen molar-refractivity contribution in [1.29, 1.82) is 0 Å². The van der Waals surface area contributed by atoms with Gasteiger partial charge in [-0.05, 0) is 46.3 Å². The molecule has 0 unspecified atom stereocenters. The molecule has 1 aromatic heterocycles. The lowest BCUT2D eigenvalue weighted by atomic mass is 10.2. The molecular formula is C17H24Br2Cl3N3O. The quantitative estimate of drug-likeness (QED) is 0.509. The van der Waals surface area contributed by atoms with Crippen LogP contribution in [0.25, 0.3) is 11.3 Å². The number of benzene rings is 1. The minimum atomic E-state index is 0. The van der Waals surface area contributed by atoms with Gasteiger partial charge in [0.1, 0.15) is 11.5 Å². The van der Waals surface area contributed by atoms with Gasteiger partial charge < -0.3 is 15.1 Å². The Morgan fingerprint density at radius 2 is 1.77 bits per heavy atom. The van der Waals surface area contributed by atoms with Gasteiger partial charge in [0.05, 0.1) is 6.54 Å². The van der Waals surface area contributed by atoms with Gasteiger partial charge in [0, 0.05) is 53.8 Å². The van der Waals surface area contributed by atoms with Crippen LogP contribution in [0.2, 0.25) is 0 Å². The van der Waals surface area contributed by atoms with Gasteiger partial charge in [0.15, 0.2) is 0 Å². The van der Waals surface area contributed by atoms with Crippen LogP contribution in [0.5, 0.6) is 0 Å². The van der Waals surface area contributed by atoms with Gasteiger partial charge in [-0.3, -0.25) is 4.90 Å². The Morgan fingerprint density at radius 1 is 1.04 bits per heavy atom. The highest BCUT2D eigenvalue weighted by Crippen LogP contribution is 2.31. The van der Waals surface area contributed by atoms with Gasteiger partial charge in [0.2, 0.25) is 0 Å². The topological polar surface area (TPSA) is 40.4 Å². The summed E-state index contributed by atoms with van der Waals surface area (Å²) in [6.07, 6.45) is 0. The van der Waals surface area contributed by atoms with Crippen LogP contribution in [-0.2, 0) is 6.54 Å². The molecule has 0 saturated carbocycles. The van der Waals surface area contributed by atoms with E-state index in [-0.39, 0.29) is 37.2 Å². The van der Waals surface area contributed by atoms with Crippen LogP contribution >= 0.6 is 69.1 Å². The summed E-state index contributed by atoms with van der Waals surface area (Å²) in [7, 11) is 0. The zero-order valence-corrected chi connectivity index (χ0v) is 19.8. The summed E-state index contributed by atoms with van der Waals surface area (Å²) in [5.74, 6) is 1.86. The molecule has 9 heteroatoms. The molecule has 1 aliphatic rings. The molecule has 0 spiro atoms. The fourth-order valence-electron chi connectivity index (χ4n) is 2.69. The lowest BCUT2D eigenvalue weighted by Crippen LogP contribution is -2.45. The summed E-state index contributed by atoms with van der Waals surface area (Å²) < 4.78 is 8.03. The molecule has 1 fully saturated rings. The van der Waals surface area contributed by atoms with E-state index in [0.29, 0.717) is 0 Å². The van der Waals surface area contributed by atoms with E-state index < -0.39 is 0 Å². The van der Waals surface area contributed by atoms with Crippen LogP contribution in [0.4, 0.5) is 0 Å². The van der Waals surface area contributed by atoms with Crippen LogP contribution in [0, 0.1) is 0 Å². The minimum Gasteiger partial charge on any atom is -0.460 e. The zero-order valence-electron chi connectivity index (χ0n) is 14.2. The largest absolute Gasteiger partial charge is 0.460 e. The second-order valence-corrected chi connectivity index (χ2v) is 7.43. The average Bonchev–Trinajstić information content (AvgIpc) is 3.01. The lowest BCUT2D eigenvalue weighted by molar-refractivity contribution is 0.240. The first kappa shape index (κ1) is 26.2. The van der Waals surface area contributed by atoms with Gasteiger partial charge >= 0.3 is 0 Å². The van der Waals surface area contributed by atoms with E-state index in [4.69, 9.17) is 4.42 Å². The summed E-state index contributed by atoms with van der Waals surface area (Å²) in [5.41, 5.74) is 1.07. The first-order valence-corrected chi connectivity index (χ1v) is 9.49. The molecule has 1 aliphatic heterocycles. The third-order valence-electron chi connectivity index (χ3n) is 3.97. The van der Waals surface area contributed by atoms with Gasteiger partial charge in [0.25, 0.3) is 0 Å². The van der Waals surface area contributed by atoms with Crippen molar-refractivity contribution in [3.05, 3.63) is 45.0 Å². The second kappa shape index (κ2) is 13.4. The van der Waals surface area contributed by atoms with Crippen molar-refractivity contribution >= 4 is 69.1 Å². The minimum absolute atomic E-state index is 0. The molecule has 0 atom stereocenters. The van der Waals surface area contributed by atoms with Crippen LogP contribution < -0.4 is 10.6 Å². The Hall–Kier alpha value is 0.210. The summed E-state index contributed by atoms with van der Waals surface area (Å²) in [4.78, 5) is 2.48. The first-order valence-electron chi connectivity index (χ1n) is 7.90. The molecule has 2 aromatic rings. The molecule has 2 N–H and O–H groups in total. The predicted octanol–water partition coefficient (Wildman–Crippen LogP) is 4.73. The molecule has 4 nitrogen and oxygen atoms in total. The Morgan fingerprint density at radius 3 is 2.46 bits per heavy atom. The fraction of sp³-hybridized carbons (Fsp3) is 0.412. The summed E-state index contributed by atoms with van der Waals surface area (Å²) in [6.45, 7) is 7.33. The summed E-state index contributed by atoms with van der Waals surface area (Å²) in [5, 5.41) is 6.84. The number of piperazine rings is 1. The van der Waals surface area contributed by atoms with E-state index >= 15 is 0 Å². The number of nitrogens with one attached hydrogen (secondary N) is 2. The third kappa shape index (κ3) is 7.68. The van der Waals surface area contributed by atoms with Crippen LogP contribution in [-0.4, -0.2) is 44.2 Å². The molecule has 1 aromatic carbocycles. The highest BCUT2D eigenvalue weighted by molar-refractivity contribution is 9.11. The Bertz CT molecular complexity index is 652. The second-order valence-electron chi connectivity index (χ2n) is 5.66. The zero-order chi connectivity index (χ0) is 16.1. The van der Waals surface area contributed by atoms with E-state index in [1.165, 1.54) is 0 Å². The van der Waals surface area contributed by atoms with Crippen molar-refractivity contribution in [3.8, 4) is 11.3 Å². The summed E-state index contributed by atoms with van der Waals surface area (Å²) >= 11 is 7.06. The van der Waals surface area contributed by atoms with Gasteiger partial charge in [-0.2, -0.15) is 0 Å². The number of furan rings is 1. The number of rotatable bonds is 6. The normalized spacial score (nSPS) is 14.1. The Balaban J connectivity index is 0.00000208. The molecule has 0 amide bonds. The predicted molar refractivity (Wildman–Crippen MR) is 122 cm³/mol. The van der Waals surface area contributed by atoms with E-state index in [1.54, 1.807) is 0 Å². The molecule has 1 saturated heterocycles. The van der Waals surface area contributed by atoms with Crippen molar-refractivity contribution in [1.82, 2.24) is 15.5 Å². The van der Waals surface area contributed by atoms with Crippen molar-refractivity contribution in [2.75, 3.05) is 39.3 Å². The number of halogens is 5. The number of hydrogen-bond donors (Lipinski definition) is 2. The van der Waals surface area contributed by atoms with E-state index in [9.17, 15) is 0 Å². The SMILES string of the molecule is Brc1ccc(-c2ccc(CNCCN3CCNCC3)o2)c(Br)c1.Cl.Cl.Cl. The van der Waals surface area contributed by atoms with Crippen molar-refractivity contribution in [2.24, 2.45) is 0 Å². The van der Waals surface area contributed by atoms with Gasteiger partial charge in [-0.1, -0.05) is 15.9 Å². The molecule has 26 heavy (non-hydrogen) atoms. The van der Waals surface area contributed by atoms with Gasteiger partial charge in [-0.15, -0.1) is 37.2 Å². The Kier molecular flexibility index (Phi) is 13.5.